The van der Waals surface area contributed by atoms with Crippen molar-refractivity contribution in [1.82, 2.24) is 4.98 Å². The number of nitrogens with zero attached hydrogens (tertiary/aromatic N) is 1. The van der Waals surface area contributed by atoms with Crippen LogP contribution in [0.4, 0.5) is 0 Å². The number of aryl methyl sites for hydroxylation is 2. The Kier molecular flexibility index (Phi) is 2.39. The predicted octanol–water partition coefficient (Wildman–Crippen LogP) is 8.52. The molecule has 2 heteroatoms. The molecule has 3 aromatic carbocycles. The molecule has 0 N–H and O–H groups in total. The van der Waals surface area contributed by atoms with E-state index in [9.17, 15) is 0 Å². The van der Waals surface area contributed by atoms with E-state index >= 15 is 0 Å². The van der Waals surface area contributed by atoms with Gasteiger partial charge in [-0.05, 0) is 71.5 Å². The molecule has 5 aromatic rings. The van der Waals surface area contributed by atoms with Crippen LogP contribution in [0.1, 0.15) is 56.7 Å². The Morgan fingerprint density at radius 3 is 2.53 bits per heavy atom. The van der Waals surface area contributed by atoms with Gasteiger partial charge in [0.15, 0.2) is 0 Å². The third kappa shape index (κ3) is 3.71. The van der Waals surface area contributed by atoms with Crippen molar-refractivity contribution >= 4 is 21.9 Å². The van der Waals surface area contributed by atoms with Gasteiger partial charge in [-0.25, -0.2) is 0 Å². The standard InChI is InChI=1S/C30H29NO/c1-19-15-21(17-30(3,4)5)13-14-22(19)26-16-27(31-18-20(26)2)25-11-8-10-24-23-9-6-7-12-28(23)32-29(24)25/h6-16,18H,17H2,1-5H3/i1D3,2D3,6D,7D,8D,9D,10D,12D,17D2. The maximum Gasteiger partial charge on any atom is 0.144 e. The first-order valence-corrected chi connectivity index (χ1v) is 10.1. The molecule has 160 valence electrons. The monoisotopic (exact) mass is 433 g/mol. The highest BCUT2D eigenvalue weighted by atomic mass is 16.3. The number of hydrogen-bond donors (Lipinski definition) is 0. The summed E-state index contributed by atoms with van der Waals surface area (Å²) >= 11 is 0. The summed E-state index contributed by atoms with van der Waals surface area (Å²) in [5, 5.41) is -0.140. The van der Waals surface area contributed by atoms with Gasteiger partial charge in [-0.15, -0.1) is 0 Å². The number of hydrogen-bond acceptors (Lipinski definition) is 2. The molecular formula is C30H29NO. The van der Waals surface area contributed by atoms with Crippen LogP contribution < -0.4 is 0 Å². The van der Waals surface area contributed by atoms with Gasteiger partial charge in [-0.2, -0.15) is 0 Å². The summed E-state index contributed by atoms with van der Waals surface area (Å²) in [7, 11) is 0. The normalized spacial score (nSPS) is 19.6. The molecule has 0 aliphatic rings. The molecule has 0 spiro atoms. The minimum absolute atomic E-state index is 0.00637. The van der Waals surface area contributed by atoms with Crippen molar-refractivity contribution in [3.63, 3.8) is 0 Å². The first kappa shape index (κ1) is 10.0. The lowest BCUT2D eigenvalue weighted by Crippen LogP contribution is -2.09. The molecule has 2 heterocycles. The van der Waals surface area contributed by atoms with E-state index in [0.29, 0.717) is 0 Å². The second-order valence-electron chi connectivity index (χ2n) is 8.59. The van der Waals surface area contributed by atoms with Crippen molar-refractivity contribution in [3.05, 3.63) is 89.5 Å². The van der Waals surface area contributed by atoms with Crippen molar-refractivity contribution in [2.45, 2.75) is 40.8 Å². The van der Waals surface area contributed by atoms with Crippen LogP contribution in [-0.4, -0.2) is 4.98 Å². The highest BCUT2D eigenvalue weighted by Gasteiger charge is 2.16. The maximum atomic E-state index is 8.69. The number of benzene rings is 3. The summed E-state index contributed by atoms with van der Waals surface area (Å²) in [6.45, 7) is -0.479. The third-order valence-corrected chi connectivity index (χ3v) is 5.00. The Bertz CT molecular complexity index is 2050. The molecule has 0 fully saturated rings. The lowest BCUT2D eigenvalue weighted by molar-refractivity contribution is 0.411. The Balaban J connectivity index is 1.87. The van der Waals surface area contributed by atoms with Gasteiger partial charge < -0.3 is 4.42 Å². The van der Waals surface area contributed by atoms with Crippen molar-refractivity contribution in [2.24, 2.45) is 5.41 Å². The Morgan fingerprint density at radius 2 is 1.72 bits per heavy atom. The van der Waals surface area contributed by atoms with Crippen LogP contribution in [-0.2, 0) is 6.37 Å². The Labute approximate surface area is 209 Å². The molecule has 0 aliphatic carbocycles. The fourth-order valence-electron chi connectivity index (χ4n) is 3.68. The van der Waals surface area contributed by atoms with Gasteiger partial charge in [0, 0.05) is 33.5 Å². The third-order valence-electron chi connectivity index (χ3n) is 5.00. The number of furan rings is 1. The van der Waals surface area contributed by atoms with Crippen LogP contribution >= 0.6 is 0 Å². The molecule has 0 radical (unpaired) electrons. The molecule has 5 rings (SSSR count). The van der Waals surface area contributed by atoms with E-state index in [4.69, 9.17) is 23.6 Å². The van der Waals surface area contributed by atoms with E-state index in [-0.39, 0.29) is 73.1 Å². The van der Waals surface area contributed by atoms with E-state index in [1.54, 1.807) is 20.8 Å². The van der Waals surface area contributed by atoms with Crippen LogP contribution in [0, 0.1) is 19.1 Å². The second kappa shape index (κ2) is 7.63. The summed E-state index contributed by atoms with van der Waals surface area (Å²) in [6, 6.07) is 3.90. The zero-order valence-corrected chi connectivity index (χ0v) is 17.8. The van der Waals surface area contributed by atoms with Crippen LogP contribution in [0.25, 0.3) is 44.3 Å². The number of aromatic nitrogens is 1. The van der Waals surface area contributed by atoms with E-state index in [0.717, 1.165) is 6.20 Å². The molecule has 32 heavy (non-hydrogen) atoms. The van der Waals surface area contributed by atoms with E-state index in [1.807, 2.05) is 0 Å². The molecule has 0 saturated heterocycles. The van der Waals surface area contributed by atoms with Crippen LogP contribution in [0.5, 0.6) is 0 Å². The molecule has 2 aromatic heterocycles. The first-order valence-electron chi connectivity index (χ1n) is 17.1. The lowest BCUT2D eigenvalue weighted by Gasteiger charge is -2.19. The number of pyridine rings is 1. The Morgan fingerprint density at radius 1 is 0.906 bits per heavy atom. The van der Waals surface area contributed by atoms with Crippen LogP contribution in [0.2, 0.25) is 0 Å². The van der Waals surface area contributed by atoms with E-state index < -0.39 is 49.7 Å². The van der Waals surface area contributed by atoms with Crippen LogP contribution in [0.15, 0.2) is 77.2 Å². The molecule has 0 aliphatic heterocycles. The van der Waals surface area contributed by atoms with Gasteiger partial charge in [0.25, 0.3) is 0 Å². The largest absolute Gasteiger partial charge is 0.455 e. The average molecular weight is 434 g/mol. The van der Waals surface area contributed by atoms with Gasteiger partial charge in [-0.1, -0.05) is 69.2 Å². The summed E-state index contributed by atoms with van der Waals surface area (Å²) in [4.78, 5) is 4.32. The summed E-state index contributed by atoms with van der Waals surface area (Å²) in [6.07, 6.45) is -0.881. The fourth-order valence-corrected chi connectivity index (χ4v) is 3.68. The summed E-state index contributed by atoms with van der Waals surface area (Å²) < 4.78 is 123. The number of fused-ring (bicyclic) bond motifs is 3. The predicted molar refractivity (Wildman–Crippen MR) is 135 cm³/mol. The minimum Gasteiger partial charge on any atom is -0.455 e. The first-order chi connectivity index (χ1) is 21.0. The molecule has 0 unspecified atom stereocenters. The highest BCUT2D eigenvalue weighted by Crippen LogP contribution is 2.37. The minimum atomic E-state index is -2.78. The molecule has 0 saturated carbocycles. The quantitative estimate of drug-likeness (QED) is 0.285. The van der Waals surface area contributed by atoms with Gasteiger partial charge in [-0.3, -0.25) is 4.98 Å². The van der Waals surface area contributed by atoms with Crippen molar-refractivity contribution < 1.29 is 23.6 Å². The topological polar surface area (TPSA) is 26.0 Å². The average Bonchev–Trinajstić information content (AvgIpc) is 3.36. The number of para-hydroxylation sites is 2. The van der Waals surface area contributed by atoms with Gasteiger partial charge in [0.1, 0.15) is 11.2 Å². The lowest BCUT2D eigenvalue weighted by atomic mass is 9.86. The molecule has 0 amide bonds. The molecule has 2 nitrogen and oxygen atoms in total. The van der Waals surface area contributed by atoms with Crippen molar-refractivity contribution in [1.29, 1.82) is 0 Å². The molecule has 0 atom stereocenters. The van der Waals surface area contributed by atoms with E-state index in [1.165, 1.54) is 30.3 Å². The summed E-state index contributed by atoms with van der Waals surface area (Å²) in [5.41, 5.74) is -1.57. The van der Waals surface area contributed by atoms with Crippen molar-refractivity contribution in [2.75, 3.05) is 0 Å². The second-order valence-corrected chi connectivity index (χ2v) is 8.59. The van der Waals surface area contributed by atoms with Crippen LogP contribution in [0.3, 0.4) is 0 Å². The summed E-state index contributed by atoms with van der Waals surface area (Å²) in [5.74, 6) is 0. The fraction of sp³-hybridized carbons (Fsp3) is 0.233. The highest BCUT2D eigenvalue weighted by molar-refractivity contribution is 6.09. The van der Waals surface area contributed by atoms with Gasteiger partial charge >= 0.3 is 0 Å². The van der Waals surface area contributed by atoms with Gasteiger partial charge in [0.05, 0.1) is 13.9 Å². The zero-order chi connectivity index (χ0) is 34.5. The smallest absolute Gasteiger partial charge is 0.144 e. The van der Waals surface area contributed by atoms with Gasteiger partial charge in [0.2, 0.25) is 0 Å². The molecular weight excluding hydrogens is 390 g/mol. The zero-order valence-electron chi connectivity index (χ0n) is 31.8. The Hall–Kier alpha value is -3.39. The number of rotatable bonds is 3. The van der Waals surface area contributed by atoms with E-state index in [2.05, 4.69) is 4.98 Å². The SMILES string of the molecule is [2H]c1cc(-c2cc(-c3ccc(C([2H])([2H])C(C)(C)C)cc3C([2H])([2H])[2H])c(C([2H])([2H])[2H])cn2)c2oc3c([2H])c([2H])c([2H])c([2H])c3c2c1[2H]. The van der Waals surface area contributed by atoms with Crippen molar-refractivity contribution in [3.8, 4) is 22.4 Å². The molecule has 0 bridgehead atoms. The maximum absolute atomic E-state index is 8.69.